The number of hydrogen-bond donors (Lipinski definition) is 2. The van der Waals surface area contributed by atoms with Crippen LogP contribution < -0.4 is 15.5 Å². The Bertz CT molecular complexity index is 1600. The number of piperazine rings is 1. The molecule has 2 aliphatic heterocycles. The van der Waals surface area contributed by atoms with Crippen LogP contribution in [0.15, 0.2) is 36.5 Å². The number of carbonyl (C=O) groups excluding carboxylic acids is 2. The van der Waals surface area contributed by atoms with Crippen LogP contribution in [0.5, 0.6) is 0 Å². The van der Waals surface area contributed by atoms with Gasteiger partial charge >= 0.3 is 6.18 Å². The number of nitrogens with zero attached hydrogens (tertiary/aromatic N) is 8. The second-order valence-corrected chi connectivity index (χ2v) is 11.2. The zero-order chi connectivity index (χ0) is 32.8. The van der Waals surface area contributed by atoms with Gasteiger partial charge in [-0.05, 0) is 57.3 Å². The van der Waals surface area contributed by atoms with E-state index in [4.69, 9.17) is 10.00 Å². The number of amides is 2. The van der Waals surface area contributed by atoms with Crippen molar-refractivity contribution in [1.82, 2.24) is 35.1 Å². The summed E-state index contributed by atoms with van der Waals surface area (Å²) in [6.07, 6.45) is -2.75. The van der Waals surface area contributed by atoms with E-state index in [-0.39, 0.29) is 17.4 Å². The first-order valence-corrected chi connectivity index (χ1v) is 14.9. The van der Waals surface area contributed by atoms with Gasteiger partial charge in [0.1, 0.15) is 11.8 Å². The lowest BCUT2D eigenvalue weighted by atomic mass is 10.1. The predicted octanol–water partition coefficient (Wildman–Crippen LogP) is 2.40. The number of anilines is 2. The second kappa shape index (κ2) is 14.2. The molecule has 13 nitrogen and oxygen atoms in total. The number of benzene rings is 1. The molecule has 0 spiro atoms. The number of aromatic nitrogens is 4. The average Bonchev–Trinajstić information content (AvgIpc) is 3.55. The summed E-state index contributed by atoms with van der Waals surface area (Å²) >= 11 is 0. The minimum atomic E-state index is -4.96. The number of nitrogens with one attached hydrogen (secondary N) is 2. The minimum absolute atomic E-state index is 0.0902. The summed E-state index contributed by atoms with van der Waals surface area (Å²) in [5.74, 6) is -1.43. The van der Waals surface area contributed by atoms with Gasteiger partial charge in [0, 0.05) is 45.3 Å². The van der Waals surface area contributed by atoms with Crippen LogP contribution in [-0.4, -0.2) is 114 Å². The fourth-order valence-electron chi connectivity index (χ4n) is 5.33. The first-order valence-electron chi connectivity index (χ1n) is 14.9. The van der Waals surface area contributed by atoms with Crippen molar-refractivity contribution in [3.63, 3.8) is 0 Å². The molecule has 0 aliphatic carbocycles. The Balaban J connectivity index is 1.37. The van der Waals surface area contributed by atoms with Crippen molar-refractivity contribution in [2.24, 2.45) is 0 Å². The lowest BCUT2D eigenvalue weighted by Crippen LogP contribution is -2.50. The molecule has 2 aromatic heterocycles. The molecule has 2 amide bonds. The number of pyridine rings is 1. The average molecular weight is 641 g/mol. The molecule has 1 aromatic carbocycles. The lowest BCUT2D eigenvalue weighted by molar-refractivity contribution is -0.141. The third kappa shape index (κ3) is 7.79. The van der Waals surface area contributed by atoms with Gasteiger partial charge in [-0.15, -0.1) is 5.10 Å². The van der Waals surface area contributed by atoms with Gasteiger partial charge < -0.3 is 25.2 Å². The summed E-state index contributed by atoms with van der Waals surface area (Å²) in [6.45, 7) is 8.47. The summed E-state index contributed by atoms with van der Waals surface area (Å²) in [6, 6.07) is 8.81. The van der Waals surface area contributed by atoms with Crippen LogP contribution in [0.1, 0.15) is 45.6 Å². The Labute approximate surface area is 263 Å². The van der Waals surface area contributed by atoms with Crippen LogP contribution in [0.2, 0.25) is 0 Å². The van der Waals surface area contributed by atoms with E-state index in [1.807, 2.05) is 11.9 Å². The number of likely N-dealkylation sites (N-methyl/N-ethyl adjacent to an activating group) is 1. The van der Waals surface area contributed by atoms with Crippen LogP contribution in [0.25, 0.3) is 5.69 Å². The fourth-order valence-corrected chi connectivity index (χ4v) is 5.33. The number of morpholine rings is 1. The minimum Gasteiger partial charge on any atom is -0.379 e. The Morgan fingerprint density at radius 3 is 2.61 bits per heavy atom. The van der Waals surface area contributed by atoms with E-state index in [1.165, 1.54) is 10.9 Å². The smallest absolute Gasteiger partial charge is 0.379 e. The van der Waals surface area contributed by atoms with Gasteiger partial charge in [0.05, 0.1) is 42.0 Å². The van der Waals surface area contributed by atoms with Crippen molar-refractivity contribution < 1.29 is 27.5 Å². The molecule has 2 fully saturated rings. The Hall–Kier alpha value is -4.59. The van der Waals surface area contributed by atoms with E-state index in [2.05, 4.69) is 42.7 Å². The number of carbonyl (C=O) groups is 2. The van der Waals surface area contributed by atoms with Gasteiger partial charge in [-0.25, -0.2) is 9.67 Å². The highest BCUT2D eigenvalue weighted by Gasteiger charge is 2.38. The molecule has 2 saturated heterocycles. The Kier molecular flexibility index (Phi) is 10.1. The molecule has 3 aromatic rings. The largest absolute Gasteiger partial charge is 0.434 e. The molecule has 0 unspecified atom stereocenters. The molecule has 2 N–H and O–H groups in total. The summed E-state index contributed by atoms with van der Waals surface area (Å²) in [5, 5.41) is 22.6. The van der Waals surface area contributed by atoms with E-state index in [9.17, 15) is 22.8 Å². The first-order chi connectivity index (χ1) is 22.0. The molecule has 5 rings (SSSR count). The fraction of sp³-hybridized carbons (Fsp3) is 0.467. The normalized spacial score (nSPS) is 17.8. The summed E-state index contributed by atoms with van der Waals surface area (Å²) in [7, 11) is 2.01. The van der Waals surface area contributed by atoms with E-state index < -0.39 is 34.9 Å². The van der Waals surface area contributed by atoms with Gasteiger partial charge in [0.25, 0.3) is 11.8 Å². The van der Waals surface area contributed by atoms with Crippen molar-refractivity contribution in [2.75, 3.05) is 76.3 Å². The molecule has 244 valence electrons. The third-order valence-corrected chi connectivity index (χ3v) is 8.08. The Morgan fingerprint density at radius 2 is 1.89 bits per heavy atom. The van der Waals surface area contributed by atoms with E-state index >= 15 is 0 Å². The van der Waals surface area contributed by atoms with Crippen molar-refractivity contribution in [3.8, 4) is 11.8 Å². The molecule has 16 heteroatoms. The molecule has 0 radical (unpaired) electrons. The first kappa shape index (κ1) is 32.8. The number of halogens is 3. The van der Waals surface area contributed by atoms with Crippen molar-refractivity contribution in [1.29, 1.82) is 5.26 Å². The van der Waals surface area contributed by atoms with Crippen molar-refractivity contribution >= 4 is 23.2 Å². The number of ether oxygens (including phenoxy) is 1. The predicted molar refractivity (Wildman–Crippen MR) is 162 cm³/mol. The molecule has 4 heterocycles. The topological polar surface area (TPSA) is 145 Å². The molecule has 0 bridgehead atoms. The van der Waals surface area contributed by atoms with Crippen molar-refractivity contribution in [2.45, 2.75) is 25.6 Å². The second-order valence-electron chi connectivity index (χ2n) is 11.2. The SMILES string of the molecule is C[C@H]1CN(c2ccc(-n3cc(C(=O)NCCCN4CCOCC4)nn3)cc2NC(=O)c2ccc(C#N)nc2C(F)(F)F)CCN1C. The Morgan fingerprint density at radius 1 is 1.11 bits per heavy atom. The van der Waals surface area contributed by atoms with Crippen molar-refractivity contribution in [3.05, 3.63) is 59.2 Å². The number of nitriles is 1. The van der Waals surface area contributed by atoms with Gasteiger partial charge in [0.2, 0.25) is 0 Å². The van der Waals surface area contributed by atoms with Crippen LogP contribution >= 0.6 is 0 Å². The van der Waals surface area contributed by atoms with Gasteiger partial charge in [-0.2, -0.15) is 18.4 Å². The number of alkyl halides is 3. The monoisotopic (exact) mass is 640 g/mol. The maximum atomic E-state index is 13.8. The quantitative estimate of drug-likeness (QED) is 0.335. The van der Waals surface area contributed by atoms with E-state index in [0.29, 0.717) is 44.2 Å². The van der Waals surface area contributed by atoms with Crippen LogP contribution in [0.4, 0.5) is 24.5 Å². The van der Waals surface area contributed by atoms with Gasteiger partial charge in [-0.3, -0.25) is 14.5 Å². The highest BCUT2D eigenvalue weighted by molar-refractivity contribution is 6.07. The summed E-state index contributed by atoms with van der Waals surface area (Å²) < 4.78 is 48.2. The van der Waals surface area contributed by atoms with Crippen LogP contribution in [0.3, 0.4) is 0 Å². The maximum absolute atomic E-state index is 13.8. The molecular weight excluding hydrogens is 605 g/mol. The van der Waals surface area contributed by atoms with Gasteiger partial charge in [-0.1, -0.05) is 5.21 Å². The molecule has 1 atom stereocenters. The molecule has 46 heavy (non-hydrogen) atoms. The highest BCUT2D eigenvalue weighted by atomic mass is 19.4. The molecule has 0 saturated carbocycles. The third-order valence-electron chi connectivity index (χ3n) is 8.08. The summed E-state index contributed by atoms with van der Waals surface area (Å²) in [4.78, 5) is 35.9. The maximum Gasteiger partial charge on any atom is 0.434 e. The summed E-state index contributed by atoms with van der Waals surface area (Å²) in [5.41, 5.74) is -1.27. The highest BCUT2D eigenvalue weighted by Crippen LogP contribution is 2.34. The zero-order valence-corrected chi connectivity index (χ0v) is 25.5. The molecular formula is C30H35F3N10O3. The lowest BCUT2D eigenvalue weighted by Gasteiger charge is -2.39. The number of rotatable bonds is 9. The van der Waals surface area contributed by atoms with Crippen LogP contribution in [-0.2, 0) is 10.9 Å². The number of hydrogen-bond acceptors (Lipinski definition) is 10. The molecule has 2 aliphatic rings. The van der Waals surface area contributed by atoms with Gasteiger partial charge in [0.15, 0.2) is 11.4 Å². The zero-order valence-electron chi connectivity index (χ0n) is 25.5. The van der Waals surface area contributed by atoms with E-state index in [1.54, 1.807) is 24.3 Å². The van der Waals surface area contributed by atoms with Crippen LogP contribution in [0, 0.1) is 11.3 Å². The standard InChI is InChI=1S/C30H35F3N10O3/c1-20-18-42(11-10-40(20)2)26-7-5-22(16-24(26)37-28(44)23-6-4-21(17-34)36-27(23)30(31,32)33)43-19-25(38-39-43)29(45)35-8-3-9-41-12-14-46-15-13-41/h4-7,16,19-20H,3,8-15,18H2,1-2H3,(H,35,45)(H,37,44)/t20-/m0/s1. The van der Waals surface area contributed by atoms with E-state index in [0.717, 1.165) is 44.7 Å².